The summed E-state index contributed by atoms with van der Waals surface area (Å²) in [5.41, 5.74) is 1.29. The third kappa shape index (κ3) is 3.87. The summed E-state index contributed by atoms with van der Waals surface area (Å²) in [7, 11) is 1.69. The number of carbonyl (C=O) groups is 2. The number of rotatable bonds is 5. The van der Waals surface area contributed by atoms with Gasteiger partial charge in [-0.2, -0.15) is 5.10 Å². The van der Waals surface area contributed by atoms with E-state index in [1.54, 1.807) is 14.0 Å². The second-order valence-corrected chi connectivity index (χ2v) is 5.47. The third-order valence-electron chi connectivity index (χ3n) is 3.51. The standard InChI is InChI=1S/C15H15ClFN3O3/c1-8-10(7-18-20(8)2)15(23)19-13(6-14(21)22)9-3-4-11(16)12(17)5-9/h3-5,7,13H,6H2,1-2H3,(H,19,23)(H,21,22). The summed E-state index contributed by atoms with van der Waals surface area (Å²) in [4.78, 5) is 23.4. The Morgan fingerprint density at radius 2 is 2.17 bits per heavy atom. The summed E-state index contributed by atoms with van der Waals surface area (Å²) in [6.07, 6.45) is 1.01. The Balaban J connectivity index is 2.28. The van der Waals surface area contributed by atoms with E-state index in [0.717, 1.165) is 6.07 Å². The van der Waals surface area contributed by atoms with E-state index in [1.165, 1.54) is 23.0 Å². The van der Waals surface area contributed by atoms with Gasteiger partial charge in [-0.25, -0.2) is 4.39 Å². The molecule has 1 atom stereocenters. The van der Waals surface area contributed by atoms with E-state index in [0.29, 0.717) is 16.8 Å². The monoisotopic (exact) mass is 339 g/mol. The van der Waals surface area contributed by atoms with E-state index in [4.69, 9.17) is 16.7 Å². The van der Waals surface area contributed by atoms with Gasteiger partial charge in [-0.1, -0.05) is 17.7 Å². The minimum atomic E-state index is -1.12. The lowest BCUT2D eigenvalue weighted by Crippen LogP contribution is -2.30. The molecule has 8 heteroatoms. The van der Waals surface area contributed by atoms with Crippen molar-refractivity contribution in [1.29, 1.82) is 0 Å². The summed E-state index contributed by atoms with van der Waals surface area (Å²) in [6, 6.07) is 3.04. The van der Waals surface area contributed by atoms with Crippen LogP contribution in [0.3, 0.4) is 0 Å². The van der Waals surface area contributed by atoms with Crippen LogP contribution in [-0.4, -0.2) is 26.8 Å². The molecule has 0 fully saturated rings. The smallest absolute Gasteiger partial charge is 0.305 e. The lowest BCUT2D eigenvalue weighted by Gasteiger charge is -2.17. The molecule has 0 aliphatic rings. The molecule has 0 aliphatic carbocycles. The van der Waals surface area contributed by atoms with Crippen LogP contribution in [0.4, 0.5) is 4.39 Å². The van der Waals surface area contributed by atoms with Crippen LogP contribution in [0.2, 0.25) is 5.02 Å². The largest absolute Gasteiger partial charge is 0.481 e. The first kappa shape index (κ1) is 17.0. The SMILES string of the molecule is Cc1c(C(=O)NC(CC(=O)O)c2ccc(Cl)c(F)c2)cnn1C. The average molecular weight is 340 g/mol. The van der Waals surface area contributed by atoms with Crippen LogP contribution in [0, 0.1) is 12.7 Å². The van der Waals surface area contributed by atoms with Crippen LogP contribution >= 0.6 is 11.6 Å². The quantitative estimate of drug-likeness (QED) is 0.876. The Kier molecular flexibility index (Phi) is 5.00. The molecule has 0 bridgehead atoms. The number of hydrogen-bond donors (Lipinski definition) is 2. The maximum absolute atomic E-state index is 13.6. The molecule has 2 aromatic rings. The van der Waals surface area contributed by atoms with Gasteiger partial charge >= 0.3 is 5.97 Å². The molecule has 0 aliphatic heterocycles. The number of halogens is 2. The number of hydrogen-bond acceptors (Lipinski definition) is 3. The summed E-state index contributed by atoms with van der Waals surface area (Å²) in [6.45, 7) is 1.72. The molecule has 122 valence electrons. The first-order valence-corrected chi connectivity index (χ1v) is 7.13. The molecule has 2 N–H and O–H groups in total. The highest BCUT2D eigenvalue weighted by Gasteiger charge is 2.22. The molecule has 0 saturated heterocycles. The van der Waals surface area contributed by atoms with Crippen molar-refractivity contribution in [1.82, 2.24) is 15.1 Å². The fourth-order valence-electron chi connectivity index (χ4n) is 2.11. The summed E-state index contributed by atoms with van der Waals surface area (Å²) >= 11 is 5.63. The van der Waals surface area contributed by atoms with E-state index in [2.05, 4.69) is 10.4 Å². The first-order valence-electron chi connectivity index (χ1n) is 6.75. The van der Waals surface area contributed by atoms with Crippen LogP contribution in [0.1, 0.15) is 34.1 Å². The molecule has 1 unspecified atom stereocenters. The van der Waals surface area contributed by atoms with Crippen molar-refractivity contribution in [3.63, 3.8) is 0 Å². The zero-order chi connectivity index (χ0) is 17.1. The number of carboxylic acid groups (broad SMARTS) is 1. The number of aromatic nitrogens is 2. The Hall–Kier alpha value is -2.41. The third-order valence-corrected chi connectivity index (χ3v) is 3.82. The molecular weight excluding hydrogens is 325 g/mol. The molecule has 2 rings (SSSR count). The lowest BCUT2D eigenvalue weighted by atomic mass is 10.0. The van der Waals surface area contributed by atoms with Gasteiger partial charge < -0.3 is 10.4 Å². The number of nitrogens with zero attached hydrogens (tertiary/aromatic N) is 2. The number of aryl methyl sites for hydroxylation is 1. The number of benzene rings is 1. The van der Waals surface area contributed by atoms with Crippen LogP contribution < -0.4 is 5.32 Å². The topological polar surface area (TPSA) is 84.2 Å². The predicted octanol–water partition coefficient (Wildman–Crippen LogP) is 2.47. The average Bonchev–Trinajstić information content (AvgIpc) is 2.81. The highest BCUT2D eigenvalue weighted by molar-refractivity contribution is 6.30. The summed E-state index contributed by atoms with van der Waals surface area (Å²) in [5, 5.41) is 15.5. The predicted molar refractivity (Wildman–Crippen MR) is 81.8 cm³/mol. The van der Waals surface area contributed by atoms with Gasteiger partial charge in [0.05, 0.1) is 29.2 Å². The highest BCUT2D eigenvalue weighted by atomic mass is 35.5. The molecule has 1 aromatic heterocycles. The van der Waals surface area contributed by atoms with Crippen molar-refractivity contribution in [3.8, 4) is 0 Å². The molecule has 1 amide bonds. The van der Waals surface area contributed by atoms with Gasteiger partial charge in [0, 0.05) is 12.7 Å². The van der Waals surface area contributed by atoms with Gasteiger partial charge in [0.15, 0.2) is 0 Å². The highest BCUT2D eigenvalue weighted by Crippen LogP contribution is 2.23. The minimum Gasteiger partial charge on any atom is -0.481 e. The molecule has 23 heavy (non-hydrogen) atoms. The van der Waals surface area contributed by atoms with E-state index in [9.17, 15) is 14.0 Å². The van der Waals surface area contributed by atoms with Crippen molar-refractivity contribution in [3.05, 3.63) is 52.1 Å². The molecular formula is C15H15ClFN3O3. The van der Waals surface area contributed by atoms with Gasteiger partial charge in [-0.3, -0.25) is 14.3 Å². The Bertz CT molecular complexity index is 760. The van der Waals surface area contributed by atoms with Gasteiger partial charge in [-0.15, -0.1) is 0 Å². The fourth-order valence-corrected chi connectivity index (χ4v) is 2.23. The Morgan fingerprint density at radius 1 is 1.48 bits per heavy atom. The van der Waals surface area contributed by atoms with Gasteiger partial charge in [0.2, 0.25) is 0 Å². The van der Waals surface area contributed by atoms with Crippen molar-refractivity contribution in [2.75, 3.05) is 0 Å². The molecule has 6 nitrogen and oxygen atoms in total. The van der Waals surface area contributed by atoms with E-state index in [-0.39, 0.29) is 11.4 Å². The van der Waals surface area contributed by atoms with Gasteiger partial charge in [0.25, 0.3) is 5.91 Å². The van der Waals surface area contributed by atoms with Crippen LogP contribution in [0.15, 0.2) is 24.4 Å². The molecule has 1 heterocycles. The van der Waals surface area contributed by atoms with Crippen molar-refractivity contribution in [2.24, 2.45) is 7.05 Å². The second-order valence-electron chi connectivity index (χ2n) is 5.06. The van der Waals surface area contributed by atoms with Crippen LogP contribution in [-0.2, 0) is 11.8 Å². The molecule has 0 saturated carbocycles. The van der Waals surface area contributed by atoms with Crippen LogP contribution in [0.5, 0.6) is 0 Å². The Morgan fingerprint density at radius 3 is 2.70 bits per heavy atom. The first-order chi connectivity index (χ1) is 10.8. The van der Waals surface area contributed by atoms with E-state index < -0.39 is 23.7 Å². The number of aliphatic carboxylic acids is 1. The normalized spacial score (nSPS) is 12.0. The number of carbonyl (C=O) groups excluding carboxylic acids is 1. The molecule has 1 aromatic carbocycles. The van der Waals surface area contributed by atoms with Crippen molar-refractivity contribution in [2.45, 2.75) is 19.4 Å². The number of carboxylic acids is 1. The van der Waals surface area contributed by atoms with E-state index in [1.807, 2.05) is 0 Å². The van der Waals surface area contributed by atoms with Crippen molar-refractivity contribution >= 4 is 23.5 Å². The second kappa shape index (κ2) is 6.78. The zero-order valence-electron chi connectivity index (χ0n) is 12.5. The lowest BCUT2D eigenvalue weighted by molar-refractivity contribution is -0.137. The zero-order valence-corrected chi connectivity index (χ0v) is 13.3. The molecule has 0 radical (unpaired) electrons. The Labute approximate surface area is 136 Å². The van der Waals surface area contributed by atoms with E-state index >= 15 is 0 Å². The fraction of sp³-hybridized carbons (Fsp3) is 0.267. The van der Waals surface area contributed by atoms with Gasteiger partial charge in [-0.05, 0) is 24.6 Å². The van der Waals surface area contributed by atoms with Gasteiger partial charge in [0.1, 0.15) is 5.82 Å². The summed E-state index contributed by atoms with van der Waals surface area (Å²) in [5.74, 6) is -2.27. The maximum atomic E-state index is 13.6. The number of amides is 1. The maximum Gasteiger partial charge on any atom is 0.305 e. The van der Waals surface area contributed by atoms with Crippen molar-refractivity contribution < 1.29 is 19.1 Å². The number of nitrogens with one attached hydrogen (secondary N) is 1. The van der Waals surface area contributed by atoms with Crippen LogP contribution in [0.25, 0.3) is 0 Å². The molecule has 0 spiro atoms. The summed E-state index contributed by atoms with van der Waals surface area (Å²) < 4.78 is 15.1. The minimum absolute atomic E-state index is 0.0720.